The van der Waals surface area contributed by atoms with E-state index in [4.69, 9.17) is 11.1 Å². The number of anilines is 1. The lowest BCUT2D eigenvalue weighted by atomic mass is 10.1. The summed E-state index contributed by atoms with van der Waals surface area (Å²) in [6.07, 6.45) is 3.54. The molecule has 0 bridgehead atoms. The highest BCUT2D eigenvalue weighted by Crippen LogP contribution is 2.33. The molecule has 3 N–H and O–H groups in total. The largest absolute Gasteiger partial charge is 0.384 e. The highest BCUT2D eigenvalue weighted by Gasteiger charge is 2.31. The highest BCUT2D eigenvalue weighted by molar-refractivity contribution is 6.01. The molecule has 0 aliphatic heterocycles. The number of hydrogen-bond donors (Lipinski definition) is 2. The van der Waals surface area contributed by atoms with E-state index in [-0.39, 0.29) is 5.84 Å². The number of rotatable bonds is 5. The summed E-state index contributed by atoms with van der Waals surface area (Å²) in [6, 6.07) is 2.59. The zero-order valence-electron chi connectivity index (χ0n) is 11.5. The number of nitrogens with two attached hydrogens (primary N) is 1. The summed E-state index contributed by atoms with van der Waals surface area (Å²) >= 11 is 0. The van der Waals surface area contributed by atoms with Crippen molar-refractivity contribution in [3.05, 3.63) is 22.9 Å². The van der Waals surface area contributed by atoms with Crippen molar-refractivity contribution < 1.29 is 0 Å². The number of hydrogen-bond acceptors (Lipinski definition) is 3. The van der Waals surface area contributed by atoms with E-state index < -0.39 is 0 Å². The van der Waals surface area contributed by atoms with E-state index >= 15 is 0 Å². The van der Waals surface area contributed by atoms with Gasteiger partial charge in [-0.15, -0.1) is 0 Å². The molecular formula is C14H22N4. The molecule has 0 atom stereocenters. The molecule has 1 aliphatic rings. The molecule has 1 aliphatic carbocycles. The number of nitrogens with zero attached hydrogens (tertiary/aromatic N) is 2. The SMILES string of the molecule is CCCN(c1nc(C)cc(C)c1C(=N)N)C1CC1. The zero-order chi connectivity index (χ0) is 13.3. The van der Waals surface area contributed by atoms with Crippen LogP contribution in [0, 0.1) is 19.3 Å². The standard InChI is InChI=1S/C14H22N4/c1-4-7-18(11-5-6-11)14-12(13(15)16)9(2)8-10(3)17-14/h8,11H,4-7H2,1-3H3,(H3,15,16). The Morgan fingerprint density at radius 2 is 2.17 bits per heavy atom. The average molecular weight is 246 g/mol. The number of nitrogens with one attached hydrogen (secondary N) is 1. The monoisotopic (exact) mass is 246 g/mol. The molecule has 1 fully saturated rings. The Morgan fingerprint density at radius 1 is 1.50 bits per heavy atom. The first-order valence-electron chi connectivity index (χ1n) is 6.63. The first-order valence-corrected chi connectivity index (χ1v) is 6.63. The first-order chi connectivity index (χ1) is 8.54. The van der Waals surface area contributed by atoms with Gasteiger partial charge in [-0.2, -0.15) is 0 Å². The maximum absolute atomic E-state index is 7.79. The van der Waals surface area contributed by atoms with E-state index in [2.05, 4.69) is 16.8 Å². The Kier molecular flexibility index (Phi) is 3.55. The lowest BCUT2D eigenvalue weighted by Gasteiger charge is -2.26. The smallest absolute Gasteiger partial charge is 0.140 e. The second-order valence-electron chi connectivity index (χ2n) is 5.12. The minimum absolute atomic E-state index is 0.122. The van der Waals surface area contributed by atoms with Crippen LogP contribution in [0.2, 0.25) is 0 Å². The maximum Gasteiger partial charge on any atom is 0.140 e. The summed E-state index contributed by atoms with van der Waals surface area (Å²) in [5.41, 5.74) is 8.59. The minimum Gasteiger partial charge on any atom is -0.384 e. The molecule has 1 aromatic rings. The number of aryl methyl sites for hydroxylation is 2. The van der Waals surface area contributed by atoms with Crippen molar-refractivity contribution in [2.45, 2.75) is 46.1 Å². The van der Waals surface area contributed by atoms with Gasteiger partial charge in [-0.25, -0.2) is 4.98 Å². The number of amidine groups is 1. The van der Waals surface area contributed by atoms with Crippen LogP contribution < -0.4 is 10.6 Å². The fraction of sp³-hybridized carbons (Fsp3) is 0.571. The van der Waals surface area contributed by atoms with Gasteiger partial charge in [0.25, 0.3) is 0 Å². The van der Waals surface area contributed by atoms with E-state index in [1.807, 2.05) is 19.9 Å². The molecule has 1 saturated carbocycles. The van der Waals surface area contributed by atoms with Crippen LogP contribution >= 0.6 is 0 Å². The van der Waals surface area contributed by atoms with E-state index in [1.54, 1.807) is 0 Å². The second kappa shape index (κ2) is 4.96. The van der Waals surface area contributed by atoms with Gasteiger partial charge in [0, 0.05) is 18.3 Å². The number of pyridine rings is 1. The van der Waals surface area contributed by atoms with Crippen molar-refractivity contribution in [3.8, 4) is 0 Å². The molecule has 0 radical (unpaired) electrons. The van der Waals surface area contributed by atoms with Gasteiger partial charge in [0.1, 0.15) is 11.7 Å². The van der Waals surface area contributed by atoms with E-state index in [9.17, 15) is 0 Å². The van der Waals surface area contributed by atoms with Crippen LogP contribution in [0.4, 0.5) is 5.82 Å². The Labute approximate surface area is 109 Å². The van der Waals surface area contributed by atoms with Gasteiger partial charge in [0.05, 0.1) is 5.56 Å². The normalized spacial score (nSPS) is 14.6. The molecule has 0 aromatic carbocycles. The molecule has 1 aromatic heterocycles. The van der Waals surface area contributed by atoms with Crippen molar-refractivity contribution in [1.29, 1.82) is 5.41 Å². The third-order valence-corrected chi connectivity index (χ3v) is 3.32. The van der Waals surface area contributed by atoms with E-state index in [0.29, 0.717) is 6.04 Å². The van der Waals surface area contributed by atoms with Gasteiger partial charge in [-0.1, -0.05) is 6.92 Å². The molecule has 0 saturated heterocycles. The number of aromatic nitrogens is 1. The summed E-state index contributed by atoms with van der Waals surface area (Å²) < 4.78 is 0. The number of nitrogen functional groups attached to an aromatic ring is 1. The van der Waals surface area contributed by atoms with Crippen molar-refractivity contribution in [3.63, 3.8) is 0 Å². The minimum atomic E-state index is 0.122. The van der Waals surface area contributed by atoms with Crippen LogP contribution in [0.3, 0.4) is 0 Å². The fourth-order valence-corrected chi connectivity index (χ4v) is 2.45. The van der Waals surface area contributed by atoms with E-state index in [1.165, 1.54) is 12.8 Å². The predicted octanol–water partition coefficient (Wildman–Crippen LogP) is 2.36. The van der Waals surface area contributed by atoms with Crippen LogP contribution in [0.1, 0.15) is 43.0 Å². The summed E-state index contributed by atoms with van der Waals surface area (Å²) in [5.74, 6) is 1.03. The van der Waals surface area contributed by atoms with Crippen molar-refractivity contribution in [2.75, 3.05) is 11.4 Å². The Bertz CT molecular complexity index is 463. The molecule has 1 heterocycles. The molecule has 18 heavy (non-hydrogen) atoms. The first kappa shape index (κ1) is 12.9. The summed E-state index contributed by atoms with van der Waals surface area (Å²) in [5, 5.41) is 7.79. The average Bonchev–Trinajstić information content (AvgIpc) is 3.07. The van der Waals surface area contributed by atoms with Gasteiger partial charge in [0.15, 0.2) is 0 Å². The summed E-state index contributed by atoms with van der Waals surface area (Å²) in [6.45, 7) is 7.16. The lowest BCUT2D eigenvalue weighted by Crippen LogP contribution is -2.31. The molecule has 2 rings (SSSR count). The fourth-order valence-electron chi connectivity index (χ4n) is 2.45. The Balaban J connectivity index is 2.48. The second-order valence-corrected chi connectivity index (χ2v) is 5.12. The molecule has 4 nitrogen and oxygen atoms in total. The molecular weight excluding hydrogens is 224 g/mol. The molecule has 0 spiro atoms. The van der Waals surface area contributed by atoms with Gasteiger partial charge in [-0.3, -0.25) is 5.41 Å². The highest BCUT2D eigenvalue weighted by atomic mass is 15.2. The van der Waals surface area contributed by atoms with Gasteiger partial charge >= 0.3 is 0 Å². The molecule has 0 amide bonds. The van der Waals surface area contributed by atoms with Gasteiger partial charge in [0.2, 0.25) is 0 Å². The van der Waals surface area contributed by atoms with Crippen LogP contribution in [-0.4, -0.2) is 23.4 Å². The Morgan fingerprint density at radius 3 is 2.67 bits per heavy atom. The lowest BCUT2D eigenvalue weighted by molar-refractivity contribution is 0.747. The van der Waals surface area contributed by atoms with Gasteiger partial charge < -0.3 is 10.6 Å². The Hall–Kier alpha value is -1.58. The van der Waals surface area contributed by atoms with E-state index in [0.717, 1.165) is 35.6 Å². The quantitative estimate of drug-likeness (QED) is 0.619. The predicted molar refractivity (Wildman–Crippen MR) is 75.4 cm³/mol. The summed E-state index contributed by atoms with van der Waals surface area (Å²) in [7, 11) is 0. The van der Waals surface area contributed by atoms with Crippen LogP contribution in [0.25, 0.3) is 0 Å². The zero-order valence-corrected chi connectivity index (χ0v) is 11.5. The van der Waals surface area contributed by atoms with Crippen molar-refractivity contribution in [1.82, 2.24) is 4.98 Å². The van der Waals surface area contributed by atoms with Crippen molar-refractivity contribution in [2.24, 2.45) is 5.73 Å². The molecule has 0 unspecified atom stereocenters. The van der Waals surface area contributed by atoms with Crippen molar-refractivity contribution >= 4 is 11.7 Å². The summed E-state index contributed by atoms with van der Waals surface area (Å²) in [4.78, 5) is 6.97. The third-order valence-electron chi connectivity index (χ3n) is 3.32. The topological polar surface area (TPSA) is 66.0 Å². The molecule has 98 valence electrons. The maximum atomic E-state index is 7.79. The van der Waals surface area contributed by atoms with Crippen LogP contribution in [0.15, 0.2) is 6.07 Å². The molecule has 4 heteroatoms. The van der Waals surface area contributed by atoms with Gasteiger partial charge in [-0.05, 0) is 44.7 Å². The third kappa shape index (κ3) is 2.47. The van der Waals surface area contributed by atoms with Crippen LogP contribution in [-0.2, 0) is 0 Å². The van der Waals surface area contributed by atoms with Crippen LogP contribution in [0.5, 0.6) is 0 Å².